The standard InChI is InChI=1S/C42H28Cl2N4.C22H21O2P.C20H23NOS.C17H16OS.C15H21NO2S.C7H6O2/c43-35-27-15-13-25-33(35)38-40(31-21-9-3-10-22-31)47(32-23-11-4-12-24-32)42(46-38)48-39(30-19-7-2-8-20-30)37(29-17-5-1-6-18-29)45-41(48)34-26-14-16-28-36(34)44;1-16-14-17(2)21(18(3)15-16)22(23)25(24,19-10-6-4-7-11-19)20-12-8-5-9-13-20;1-2-3-4-8-11-19(21)20(22)16-12-14-18(15-13-16)23-17-9-6-5-7-10-17;1-3-11-9-12(4-2)17-14(10-11)16(18)13-7-5-6-8-15(13)19-17;1-15(2,16-8-10-18-11-9-16)14(17)12-4-6-13(19-3)7-5-12;8-7(9)6-4-2-1-3-5-6/h1-28H;4-15H,1-3H3;5-7,9-10,12-15,21H,2-4,8,11H2,1H3;5-10H,3-4H2,1-2H3;4-7H,8-11H2,1-3H3;1-5H,(H,8,9). The minimum absolute atomic E-state index is 0.141. The Morgan fingerprint density at radius 3 is 1.49 bits per heavy atom. The maximum atomic E-state index is 14.2. The third-order valence-corrected chi connectivity index (χ3v) is 31.3. The van der Waals surface area contributed by atoms with E-state index in [1.807, 2.05) is 302 Å². The molecule has 14 nitrogen and oxygen atoms in total. The average Bonchev–Trinajstić information content (AvgIpc) is 1.54. The molecule has 1 aliphatic rings. The number of rotatable bonds is 27. The first kappa shape index (κ1) is 105. The number of aromatic carboxylic acids is 1. The van der Waals surface area contributed by atoms with Crippen LogP contribution in [0.3, 0.4) is 0 Å². The number of hydrogen-bond donors (Lipinski definition) is 2. The van der Waals surface area contributed by atoms with Crippen LogP contribution in [0.4, 0.5) is 0 Å². The zero-order valence-electron chi connectivity index (χ0n) is 81.7. The van der Waals surface area contributed by atoms with Gasteiger partial charge in [0.05, 0.1) is 57.2 Å². The number of benzene rings is 15. The summed E-state index contributed by atoms with van der Waals surface area (Å²) in [4.78, 5) is 77.9. The van der Waals surface area contributed by atoms with E-state index in [-0.39, 0.29) is 28.2 Å². The number of carbonyl (C=O) groups excluding carboxylic acids is 3. The van der Waals surface area contributed by atoms with E-state index in [0.29, 0.717) is 68.8 Å². The van der Waals surface area contributed by atoms with Crippen molar-refractivity contribution in [1.29, 1.82) is 5.41 Å². The molecule has 0 radical (unpaired) electrons. The van der Waals surface area contributed by atoms with E-state index in [1.165, 1.54) is 33.8 Å². The van der Waals surface area contributed by atoms with Gasteiger partial charge in [-0.05, 0) is 198 Å². The van der Waals surface area contributed by atoms with Crippen molar-refractivity contribution in [3.63, 3.8) is 0 Å². The number of nitrogens with zero attached hydrogens (tertiary/aromatic N) is 5. The fourth-order valence-corrected chi connectivity index (χ4v) is 22.8. The van der Waals surface area contributed by atoms with E-state index in [0.717, 1.165) is 142 Å². The lowest BCUT2D eigenvalue weighted by molar-refractivity contribution is -0.00430. The molecule has 4 heterocycles. The first-order valence-corrected chi connectivity index (χ1v) is 53.3. The molecular formula is C123H115Cl2N6O8PS3. The second-order valence-corrected chi connectivity index (χ2v) is 41.4. The van der Waals surface area contributed by atoms with E-state index < -0.39 is 18.7 Å². The minimum Gasteiger partial charge on any atom is -0.478 e. The number of morpholine rings is 1. The largest absolute Gasteiger partial charge is 0.478 e. The number of carbonyl (C=O) groups is 4. The van der Waals surface area contributed by atoms with Gasteiger partial charge in [-0.3, -0.25) is 33.2 Å². The number of imidazole rings is 2. The number of aromatic nitrogens is 4. The SMILES string of the molecule is CCCCCCC(=N)C(=O)c1ccc(Sc2ccccc2)cc1.CCc1cc(CC)c2sc3ccccc3c(=O)c2c1.CSc1ccc(C(=O)C(C)(C)N2CCOCC2)cc1.Cc1cc(C)c(C(=O)P(=O)(c2ccccc2)c2ccccc2)c(C)c1.Clc1ccccc1-c1nc(-n2c(-c3ccccc3Cl)nc(-c3ccccc3)c2-c2ccccc2)n(-c2ccccc2)c1-c1ccccc1.O=C(O)c1ccccc1. The molecule has 20 heteroatoms. The highest BCUT2D eigenvalue weighted by Gasteiger charge is 2.39. The Balaban J connectivity index is 0.000000146. The maximum absolute atomic E-state index is 14.2. The van der Waals surface area contributed by atoms with Crippen LogP contribution in [0.1, 0.15) is 136 Å². The molecule has 0 atom stereocenters. The molecule has 1 saturated heterocycles. The number of thioether (sulfide) groups is 1. The van der Waals surface area contributed by atoms with Gasteiger partial charge in [0.2, 0.25) is 24.4 Å². The van der Waals surface area contributed by atoms with Crippen molar-refractivity contribution < 1.29 is 33.6 Å². The Hall–Kier alpha value is -13.8. The van der Waals surface area contributed by atoms with Crippen LogP contribution >= 0.6 is 65.2 Å². The van der Waals surface area contributed by atoms with Crippen molar-refractivity contribution in [3.8, 4) is 68.1 Å². The number of halogens is 2. The molecule has 2 N–H and O–H groups in total. The molecular weight excluding hydrogens is 1890 g/mol. The summed E-state index contributed by atoms with van der Waals surface area (Å²) in [6, 6.07) is 125. The smallest absolute Gasteiger partial charge is 0.335 e. The predicted octanol–water partition coefficient (Wildman–Crippen LogP) is 31.1. The maximum Gasteiger partial charge on any atom is 0.335 e. The summed E-state index contributed by atoms with van der Waals surface area (Å²) < 4.78 is 26.1. The van der Waals surface area contributed by atoms with Gasteiger partial charge in [0, 0.05) is 109 Å². The molecule has 0 unspecified atom stereocenters. The number of fused-ring (bicyclic) bond motifs is 2. The molecule has 3 aromatic heterocycles. The van der Waals surface area contributed by atoms with Gasteiger partial charge in [-0.25, -0.2) is 14.8 Å². The number of Topliss-reactive ketones (excluding diaryl/α,β-unsaturated/α-hetero) is 2. The van der Waals surface area contributed by atoms with Gasteiger partial charge in [-0.2, -0.15) is 0 Å². The number of aryl methyl sites for hydroxylation is 5. The average molecular weight is 2000 g/mol. The van der Waals surface area contributed by atoms with Crippen molar-refractivity contribution in [3.05, 3.63) is 459 Å². The monoisotopic (exact) mass is 2000 g/mol. The number of carboxylic acid groups (broad SMARTS) is 1. The molecule has 0 bridgehead atoms. The molecule has 1 aliphatic heterocycles. The van der Waals surface area contributed by atoms with Crippen LogP contribution in [-0.2, 0) is 22.1 Å². The van der Waals surface area contributed by atoms with Gasteiger partial charge < -0.3 is 19.8 Å². The summed E-state index contributed by atoms with van der Waals surface area (Å²) in [6.07, 6.45) is 8.93. The summed E-state index contributed by atoms with van der Waals surface area (Å²) in [5, 5.41) is 20.4. The number of para-hydroxylation sites is 1. The van der Waals surface area contributed by atoms with Gasteiger partial charge in [0.15, 0.2) is 11.2 Å². The van der Waals surface area contributed by atoms with Gasteiger partial charge in [0.25, 0.3) is 0 Å². The van der Waals surface area contributed by atoms with E-state index >= 15 is 0 Å². The number of hydrogen-bond acceptors (Lipinski definition) is 14. The number of ketones is 2. The van der Waals surface area contributed by atoms with Crippen molar-refractivity contribution in [2.45, 2.75) is 121 Å². The highest BCUT2D eigenvalue weighted by molar-refractivity contribution is 7.99. The Morgan fingerprint density at radius 1 is 0.490 bits per heavy atom. The predicted molar refractivity (Wildman–Crippen MR) is 597 cm³/mol. The second-order valence-electron chi connectivity index (χ2n) is 34.9. The lowest BCUT2D eigenvalue weighted by Crippen LogP contribution is -2.54. The topological polar surface area (TPSA) is 195 Å². The van der Waals surface area contributed by atoms with E-state index in [4.69, 9.17) is 48.4 Å². The molecule has 18 aromatic rings. The highest BCUT2D eigenvalue weighted by atomic mass is 35.5. The summed E-state index contributed by atoms with van der Waals surface area (Å²) in [7, 11) is -3.44. The molecule has 722 valence electrons. The van der Waals surface area contributed by atoms with Gasteiger partial charge >= 0.3 is 5.97 Å². The number of nitrogens with one attached hydrogen (secondary N) is 1. The van der Waals surface area contributed by atoms with Crippen LogP contribution in [0.2, 0.25) is 10.0 Å². The lowest BCUT2D eigenvalue weighted by atomic mass is 9.91. The molecule has 15 aromatic carbocycles. The summed E-state index contributed by atoms with van der Waals surface area (Å²) in [5.41, 5.74) is 16.2. The van der Waals surface area contributed by atoms with Crippen LogP contribution in [-0.4, -0.2) is 96.0 Å². The second kappa shape index (κ2) is 50.7. The van der Waals surface area contributed by atoms with E-state index in [2.05, 4.69) is 108 Å². The Bertz CT molecular complexity index is 7440. The van der Waals surface area contributed by atoms with Crippen molar-refractivity contribution in [1.82, 2.24) is 24.0 Å². The molecule has 0 amide bonds. The quantitative estimate of drug-likeness (QED) is 0.0123. The fraction of sp³-hybridized carbons (Fsp3) is 0.171. The highest BCUT2D eigenvalue weighted by Crippen LogP contribution is 2.49. The first-order valence-electron chi connectivity index (χ1n) is 48.0. The van der Waals surface area contributed by atoms with Crippen LogP contribution in [0, 0.1) is 26.2 Å². The third-order valence-electron chi connectivity index (χ3n) is 24.7. The molecule has 0 saturated carbocycles. The normalized spacial score (nSPS) is 11.8. The van der Waals surface area contributed by atoms with Crippen molar-refractivity contribution in [2.75, 3.05) is 32.6 Å². The Kier molecular flexibility index (Phi) is 37.2. The van der Waals surface area contributed by atoms with E-state index in [9.17, 15) is 28.5 Å². The Labute approximate surface area is 860 Å². The lowest BCUT2D eigenvalue weighted by Gasteiger charge is -2.39. The molecule has 143 heavy (non-hydrogen) atoms. The summed E-state index contributed by atoms with van der Waals surface area (Å²) in [5.74, 6) is 0.486. The van der Waals surface area contributed by atoms with Crippen LogP contribution in [0.5, 0.6) is 0 Å². The zero-order chi connectivity index (χ0) is 101. The zero-order valence-corrected chi connectivity index (χ0v) is 86.6. The third kappa shape index (κ3) is 25.8. The number of unbranched alkanes of at least 4 members (excludes halogenated alkanes) is 3. The molecule has 19 rings (SSSR count). The molecule has 1 fully saturated rings. The molecule has 0 spiro atoms. The fourth-order valence-electron chi connectivity index (χ4n) is 17.3. The van der Waals surface area contributed by atoms with Crippen molar-refractivity contribution in [2.24, 2.45) is 0 Å². The van der Waals surface area contributed by atoms with Crippen LogP contribution in [0.25, 0.3) is 88.2 Å². The van der Waals surface area contributed by atoms with Gasteiger partial charge in [0.1, 0.15) is 11.5 Å². The Morgan fingerprint density at radius 2 is 0.965 bits per heavy atom. The minimum atomic E-state index is -3.44. The van der Waals surface area contributed by atoms with Crippen LogP contribution in [0.15, 0.2) is 408 Å². The van der Waals surface area contributed by atoms with Gasteiger partial charge in [-0.15, -0.1) is 23.1 Å². The number of carboxylic acids is 1. The molecule has 0 aliphatic carbocycles. The number of ether oxygens (including phenoxy) is 1. The summed E-state index contributed by atoms with van der Waals surface area (Å²) >= 11 is 19.0. The first-order chi connectivity index (χ1) is 69.4. The van der Waals surface area contributed by atoms with Crippen LogP contribution < -0.4 is 16.0 Å². The van der Waals surface area contributed by atoms with Crippen molar-refractivity contribution >= 4 is 125 Å². The van der Waals surface area contributed by atoms with E-state index in [1.54, 1.807) is 89.5 Å². The van der Waals surface area contributed by atoms with Gasteiger partial charge in [-0.1, -0.05) is 360 Å². The summed E-state index contributed by atoms with van der Waals surface area (Å²) in [6.45, 7) is 19.3.